The molecule has 1 aliphatic heterocycles. The molecule has 0 amide bonds. The Balaban J connectivity index is 2.17. The number of nitrogens with zero attached hydrogens (tertiary/aromatic N) is 1. The van der Waals surface area contributed by atoms with Crippen LogP contribution in [0.2, 0.25) is 0 Å². The number of hydrogen-bond acceptors (Lipinski definition) is 4. The summed E-state index contributed by atoms with van der Waals surface area (Å²) in [6.07, 6.45) is -1.04. The van der Waals surface area contributed by atoms with Crippen molar-refractivity contribution in [2.45, 2.75) is 17.9 Å². The molecule has 116 valence electrons. The second-order valence-corrected chi connectivity index (χ2v) is 6.85. The Hall–Kier alpha value is -1.51. The molecule has 1 fully saturated rings. The van der Waals surface area contributed by atoms with Gasteiger partial charge in [-0.3, -0.25) is 0 Å². The SMILES string of the molecule is COC(C(=O)O)C1CN(S(=O)(=O)c2cccc(F)c2C)C1. The van der Waals surface area contributed by atoms with Crippen LogP contribution < -0.4 is 0 Å². The number of methoxy groups -OCH3 is 1. The first kappa shape index (κ1) is 15.9. The highest BCUT2D eigenvalue weighted by atomic mass is 32.2. The molecule has 1 saturated heterocycles. The first-order chi connectivity index (χ1) is 9.78. The van der Waals surface area contributed by atoms with Crippen LogP contribution >= 0.6 is 0 Å². The Morgan fingerprint density at radius 1 is 1.48 bits per heavy atom. The van der Waals surface area contributed by atoms with Crippen molar-refractivity contribution in [3.63, 3.8) is 0 Å². The fourth-order valence-electron chi connectivity index (χ4n) is 2.36. The average molecular weight is 317 g/mol. The molecule has 1 atom stereocenters. The Labute approximate surface area is 122 Å². The standard InChI is InChI=1S/C13H16FNO5S/c1-8-10(14)4-3-5-11(8)21(18,19)15-6-9(7-15)12(20-2)13(16)17/h3-5,9,12H,6-7H2,1-2H3,(H,16,17). The normalized spacial score (nSPS) is 18.2. The number of sulfonamides is 1. The maximum absolute atomic E-state index is 13.5. The van der Waals surface area contributed by atoms with E-state index in [2.05, 4.69) is 0 Å². The lowest BCUT2D eigenvalue weighted by Crippen LogP contribution is -2.56. The lowest BCUT2D eigenvalue weighted by molar-refractivity contribution is -0.154. The minimum Gasteiger partial charge on any atom is -0.479 e. The highest BCUT2D eigenvalue weighted by Gasteiger charge is 2.43. The summed E-state index contributed by atoms with van der Waals surface area (Å²) in [6, 6.07) is 3.87. The number of carbonyl (C=O) groups is 1. The van der Waals surface area contributed by atoms with Crippen LogP contribution in [0.25, 0.3) is 0 Å². The van der Waals surface area contributed by atoms with Crippen molar-refractivity contribution >= 4 is 16.0 Å². The molecule has 6 nitrogen and oxygen atoms in total. The maximum Gasteiger partial charge on any atom is 0.333 e. The minimum atomic E-state index is -3.81. The van der Waals surface area contributed by atoms with Gasteiger partial charge in [0.15, 0.2) is 6.10 Å². The zero-order chi connectivity index (χ0) is 15.8. The molecule has 1 unspecified atom stereocenters. The molecule has 0 aromatic heterocycles. The first-order valence-corrected chi connectivity index (χ1v) is 7.74. The van der Waals surface area contributed by atoms with Crippen molar-refractivity contribution in [1.29, 1.82) is 0 Å². The Kier molecular flexibility index (Phi) is 4.31. The van der Waals surface area contributed by atoms with Crippen LogP contribution in [0, 0.1) is 18.7 Å². The molecule has 1 heterocycles. The lowest BCUT2D eigenvalue weighted by Gasteiger charge is -2.40. The highest BCUT2D eigenvalue weighted by molar-refractivity contribution is 7.89. The molecule has 0 spiro atoms. The smallest absolute Gasteiger partial charge is 0.333 e. The molecule has 1 aromatic carbocycles. The number of rotatable bonds is 5. The molecular formula is C13H16FNO5S. The van der Waals surface area contributed by atoms with E-state index in [-0.39, 0.29) is 23.5 Å². The third kappa shape index (κ3) is 2.78. The summed E-state index contributed by atoms with van der Waals surface area (Å²) >= 11 is 0. The summed E-state index contributed by atoms with van der Waals surface area (Å²) in [5, 5.41) is 8.95. The summed E-state index contributed by atoms with van der Waals surface area (Å²) in [5.74, 6) is -2.12. The number of carboxylic acids is 1. The van der Waals surface area contributed by atoms with E-state index in [9.17, 15) is 17.6 Å². The third-order valence-electron chi connectivity index (χ3n) is 3.64. The molecule has 1 aromatic rings. The van der Waals surface area contributed by atoms with Gasteiger partial charge in [0.25, 0.3) is 0 Å². The van der Waals surface area contributed by atoms with E-state index in [1.54, 1.807) is 0 Å². The molecular weight excluding hydrogens is 301 g/mol. The predicted octanol–water partition coefficient (Wildman–Crippen LogP) is 0.854. The molecule has 1 N–H and O–H groups in total. The van der Waals surface area contributed by atoms with Gasteiger partial charge in [-0.25, -0.2) is 17.6 Å². The van der Waals surface area contributed by atoms with Gasteiger partial charge in [0.2, 0.25) is 10.0 Å². The van der Waals surface area contributed by atoms with E-state index in [1.807, 2.05) is 0 Å². The number of hydrogen-bond donors (Lipinski definition) is 1. The number of aliphatic carboxylic acids is 1. The summed E-state index contributed by atoms with van der Waals surface area (Å²) in [4.78, 5) is 10.9. The second-order valence-electron chi connectivity index (χ2n) is 4.94. The number of ether oxygens (including phenoxy) is 1. The quantitative estimate of drug-likeness (QED) is 0.870. The Morgan fingerprint density at radius 2 is 2.10 bits per heavy atom. The van der Waals surface area contributed by atoms with Crippen LogP contribution in [0.1, 0.15) is 5.56 Å². The molecule has 0 aliphatic carbocycles. The van der Waals surface area contributed by atoms with E-state index >= 15 is 0 Å². The lowest BCUT2D eigenvalue weighted by atomic mass is 9.96. The minimum absolute atomic E-state index is 0.0447. The number of benzene rings is 1. The largest absolute Gasteiger partial charge is 0.479 e. The first-order valence-electron chi connectivity index (χ1n) is 6.30. The van der Waals surface area contributed by atoms with E-state index in [0.29, 0.717) is 0 Å². The van der Waals surface area contributed by atoms with Crippen LogP contribution in [-0.4, -0.2) is 50.1 Å². The summed E-state index contributed by atoms with van der Waals surface area (Å²) < 4.78 is 44.2. The van der Waals surface area contributed by atoms with Crippen molar-refractivity contribution < 1.29 is 27.4 Å². The predicted molar refractivity (Wildman–Crippen MR) is 71.8 cm³/mol. The van der Waals surface area contributed by atoms with E-state index in [1.165, 1.54) is 32.2 Å². The van der Waals surface area contributed by atoms with E-state index < -0.39 is 33.8 Å². The van der Waals surface area contributed by atoms with Gasteiger partial charge in [-0.1, -0.05) is 6.07 Å². The van der Waals surface area contributed by atoms with Crippen LogP contribution in [-0.2, 0) is 19.6 Å². The number of carboxylic acid groups (broad SMARTS) is 1. The average Bonchev–Trinajstić information content (AvgIpc) is 2.35. The van der Waals surface area contributed by atoms with Gasteiger partial charge in [-0.05, 0) is 19.1 Å². The summed E-state index contributed by atoms with van der Waals surface area (Å²) in [6.45, 7) is 1.49. The summed E-state index contributed by atoms with van der Waals surface area (Å²) in [7, 11) is -2.54. The van der Waals surface area contributed by atoms with Crippen molar-refractivity contribution in [3.05, 3.63) is 29.6 Å². The zero-order valence-corrected chi connectivity index (χ0v) is 12.4. The van der Waals surface area contributed by atoms with Gasteiger partial charge in [-0.2, -0.15) is 4.31 Å². The molecule has 21 heavy (non-hydrogen) atoms. The zero-order valence-electron chi connectivity index (χ0n) is 11.6. The van der Waals surface area contributed by atoms with Gasteiger partial charge in [0, 0.05) is 31.7 Å². The van der Waals surface area contributed by atoms with Gasteiger partial charge >= 0.3 is 5.97 Å². The van der Waals surface area contributed by atoms with Crippen molar-refractivity contribution in [1.82, 2.24) is 4.31 Å². The Morgan fingerprint density at radius 3 is 2.62 bits per heavy atom. The van der Waals surface area contributed by atoms with Gasteiger partial charge < -0.3 is 9.84 Å². The Bertz CT molecular complexity index is 655. The van der Waals surface area contributed by atoms with Crippen LogP contribution in [0.15, 0.2) is 23.1 Å². The molecule has 2 rings (SSSR count). The topological polar surface area (TPSA) is 83.9 Å². The molecule has 0 saturated carbocycles. The van der Waals surface area contributed by atoms with Crippen LogP contribution in [0.5, 0.6) is 0 Å². The van der Waals surface area contributed by atoms with Gasteiger partial charge in [0.05, 0.1) is 4.90 Å². The van der Waals surface area contributed by atoms with Crippen molar-refractivity contribution in [2.24, 2.45) is 5.92 Å². The van der Waals surface area contributed by atoms with Crippen molar-refractivity contribution in [3.8, 4) is 0 Å². The molecule has 1 aliphatic rings. The van der Waals surface area contributed by atoms with Gasteiger partial charge in [-0.15, -0.1) is 0 Å². The molecule has 0 bridgehead atoms. The number of halogens is 1. The fourth-order valence-corrected chi connectivity index (χ4v) is 4.15. The molecule has 0 radical (unpaired) electrons. The molecule has 8 heteroatoms. The van der Waals surface area contributed by atoms with E-state index in [0.717, 1.165) is 4.31 Å². The van der Waals surface area contributed by atoms with Crippen LogP contribution in [0.4, 0.5) is 4.39 Å². The van der Waals surface area contributed by atoms with Crippen LogP contribution in [0.3, 0.4) is 0 Å². The van der Waals surface area contributed by atoms with E-state index in [4.69, 9.17) is 9.84 Å². The third-order valence-corrected chi connectivity index (χ3v) is 5.61. The van der Waals surface area contributed by atoms with Gasteiger partial charge in [0.1, 0.15) is 5.82 Å². The summed E-state index contributed by atoms with van der Waals surface area (Å²) in [5.41, 5.74) is 0.0578. The maximum atomic E-state index is 13.5. The monoisotopic (exact) mass is 317 g/mol. The second kappa shape index (κ2) is 5.70. The van der Waals surface area contributed by atoms with Crippen molar-refractivity contribution in [2.75, 3.05) is 20.2 Å². The fraction of sp³-hybridized carbons (Fsp3) is 0.462. The highest BCUT2D eigenvalue weighted by Crippen LogP contribution is 2.30.